The number of rotatable bonds is 6. The molecule has 2 heterocycles. The first-order valence-corrected chi connectivity index (χ1v) is 12.2. The van der Waals surface area contributed by atoms with Crippen LogP contribution >= 0.6 is 0 Å². The Labute approximate surface area is 206 Å². The summed E-state index contributed by atoms with van der Waals surface area (Å²) in [5, 5.41) is 2.72. The predicted molar refractivity (Wildman–Crippen MR) is 136 cm³/mol. The van der Waals surface area contributed by atoms with Gasteiger partial charge in [-0.2, -0.15) is 0 Å². The third kappa shape index (κ3) is 5.09. The Hall–Kier alpha value is -3.61. The van der Waals surface area contributed by atoms with Crippen LogP contribution in [0.5, 0.6) is 0 Å². The fourth-order valence-corrected chi connectivity index (χ4v) is 4.80. The lowest BCUT2D eigenvalue weighted by Crippen LogP contribution is -2.53. The number of hydrogen-bond donors (Lipinski definition) is 2. The molecule has 0 bridgehead atoms. The molecule has 0 unspecified atom stereocenters. The summed E-state index contributed by atoms with van der Waals surface area (Å²) in [7, 11) is 1.30. The molecule has 1 saturated heterocycles. The van der Waals surface area contributed by atoms with Gasteiger partial charge in [-0.25, -0.2) is 9.78 Å². The number of methoxy groups -OCH3 is 1. The van der Waals surface area contributed by atoms with Crippen LogP contribution in [0, 0.1) is 11.8 Å². The molecule has 4 rings (SSSR count). The van der Waals surface area contributed by atoms with Gasteiger partial charge in [0.05, 0.1) is 25.0 Å². The van der Waals surface area contributed by atoms with Crippen LogP contribution in [0.15, 0.2) is 60.8 Å². The van der Waals surface area contributed by atoms with E-state index >= 15 is 0 Å². The van der Waals surface area contributed by atoms with E-state index in [-0.39, 0.29) is 23.9 Å². The molecule has 7 nitrogen and oxygen atoms in total. The molecule has 1 aliphatic rings. The summed E-state index contributed by atoms with van der Waals surface area (Å²) in [6.45, 7) is 8.04. The molecule has 1 aliphatic heterocycles. The van der Waals surface area contributed by atoms with Crippen LogP contribution in [0.1, 0.15) is 46.0 Å². The van der Waals surface area contributed by atoms with Gasteiger partial charge in [-0.15, -0.1) is 0 Å². The first-order chi connectivity index (χ1) is 16.8. The predicted octanol–water partition coefficient (Wildman–Crippen LogP) is 5.42. The van der Waals surface area contributed by atoms with Crippen molar-refractivity contribution in [2.45, 2.75) is 52.2 Å². The smallest absolute Gasteiger partial charge is 0.407 e. The molecular weight excluding hydrogens is 440 g/mol. The Morgan fingerprint density at radius 1 is 1.03 bits per heavy atom. The van der Waals surface area contributed by atoms with Gasteiger partial charge in [0, 0.05) is 6.04 Å². The summed E-state index contributed by atoms with van der Waals surface area (Å²) in [6.07, 6.45) is 2.03. The van der Waals surface area contributed by atoms with E-state index in [1.165, 1.54) is 12.7 Å². The lowest BCUT2D eigenvalue weighted by molar-refractivity contribution is -0.137. The molecule has 0 spiro atoms. The maximum Gasteiger partial charge on any atom is 0.407 e. The third-order valence-corrected chi connectivity index (χ3v) is 7.05. The van der Waals surface area contributed by atoms with Crippen molar-refractivity contribution in [1.82, 2.24) is 20.2 Å². The van der Waals surface area contributed by atoms with Crippen molar-refractivity contribution in [1.29, 1.82) is 0 Å². The second-order valence-corrected chi connectivity index (χ2v) is 9.70. The number of likely N-dealkylation sites (tertiary alicyclic amines) is 1. The molecule has 2 amide bonds. The van der Waals surface area contributed by atoms with Crippen LogP contribution in [0.25, 0.3) is 22.4 Å². The van der Waals surface area contributed by atoms with Crippen LogP contribution in [-0.2, 0) is 9.53 Å². The standard InChI is InChI=1S/C28H34N4O3/c1-17(2)25(31-28(34)35-5)27(33)32-19(4)18(3)15-24(32)26-29-16-23(30-26)22-13-11-21(12-14-22)20-9-7-6-8-10-20/h6-14,16-19,24-25H,15H2,1-5H3,(H,29,30)(H,31,34)/t18-,19-,24+,25+/m1/s1. The molecule has 0 aliphatic carbocycles. The minimum atomic E-state index is -0.669. The largest absolute Gasteiger partial charge is 0.453 e. The number of aromatic nitrogens is 2. The van der Waals surface area contributed by atoms with Gasteiger partial charge in [-0.05, 0) is 41.9 Å². The quantitative estimate of drug-likeness (QED) is 0.499. The van der Waals surface area contributed by atoms with Crippen molar-refractivity contribution in [3.63, 3.8) is 0 Å². The second kappa shape index (κ2) is 10.3. The molecule has 1 fully saturated rings. The number of amides is 2. The van der Waals surface area contributed by atoms with Crippen molar-refractivity contribution >= 4 is 12.0 Å². The molecule has 35 heavy (non-hydrogen) atoms. The van der Waals surface area contributed by atoms with Crippen LogP contribution < -0.4 is 5.32 Å². The van der Waals surface area contributed by atoms with Crippen molar-refractivity contribution in [2.24, 2.45) is 11.8 Å². The Morgan fingerprint density at radius 3 is 2.29 bits per heavy atom. The Balaban J connectivity index is 1.58. The molecule has 4 atom stereocenters. The fraction of sp³-hybridized carbons (Fsp3) is 0.393. The van der Waals surface area contributed by atoms with E-state index in [0.717, 1.165) is 29.1 Å². The van der Waals surface area contributed by atoms with Gasteiger partial charge in [0.2, 0.25) is 5.91 Å². The molecule has 2 N–H and O–H groups in total. The van der Waals surface area contributed by atoms with Gasteiger partial charge < -0.3 is 19.9 Å². The summed E-state index contributed by atoms with van der Waals surface area (Å²) in [6, 6.07) is 17.8. The number of benzene rings is 2. The first kappa shape index (κ1) is 24.5. The highest BCUT2D eigenvalue weighted by Gasteiger charge is 2.44. The number of nitrogens with one attached hydrogen (secondary N) is 2. The second-order valence-electron chi connectivity index (χ2n) is 9.70. The fourth-order valence-electron chi connectivity index (χ4n) is 4.80. The van der Waals surface area contributed by atoms with Crippen LogP contribution in [0.3, 0.4) is 0 Å². The number of hydrogen-bond acceptors (Lipinski definition) is 4. The van der Waals surface area contributed by atoms with E-state index in [1.807, 2.05) is 43.1 Å². The van der Waals surface area contributed by atoms with Gasteiger partial charge in [0.25, 0.3) is 0 Å². The first-order valence-electron chi connectivity index (χ1n) is 12.2. The highest BCUT2D eigenvalue weighted by atomic mass is 16.5. The summed E-state index contributed by atoms with van der Waals surface area (Å²) in [5.41, 5.74) is 4.27. The normalized spacial score (nSPS) is 20.6. The lowest BCUT2D eigenvalue weighted by atomic mass is 10.0. The number of nitrogens with zero attached hydrogens (tertiary/aromatic N) is 2. The number of imidazole rings is 1. The molecule has 3 aromatic rings. The summed E-state index contributed by atoms with van der Waals surface area (Å²) in [5.74, 6) is 0.865. The highest BCUT2D eigenvalue weighted by molar-refractivity contribution is 5.86. The highest BCUT2D eigenvalue weighted by Crippen LogP contribution is 2.40. The monoisotopic (exact) mass is 474 g/mol. The third-order valence-electron chi connectivity index (χ3n) is 7.05. The van der Waals surface area contributed by atoms with Crippen LogP contribution in [0.4, 0.5) is 4.79 Å². The molecular formula is C28H34N4O3. The molecule has 1 aromatic heterocycles. The number of H-pyrrole nitrogens is 1. The SMILES string of the molecule is COC(=O)N[C@H](C(=O)N1[C@H](C)[C@H](C)C[C@H]1c1ncc(-c2ccc(-c3ccccc3)cc2)[nH]1)C(C)C. The lowest BCUT2D eigenvalue weighted by Gasteiger charge is -2.33. The van der Waals surface area contributed by atoms with E-state index in [2.05, 4.69) is 65.5 Å². The molecule has 7 heteroatoms. The van der Waals surface area contributed by atoms with Crippen molar-refractivity contribution in [3.05, 3.63) is 66.6 Å². The average Bonchev–Trinajstić information content (AvgIpc) is 3.47. The maximum atomic E-state index is 13.6. The minimum Gasteiger partial charge on any atom is -0.453 e. The van der Waals surface area contributed by atoms with Crippen LogP contribution in [0.2, 0.25) is 0 Å². The topological polar surface area (TPSA) is 87.3 Å². The van der Waals surface area contributed by atoms with Crippen LogP contribution in [-0.4, -0.2) is 46.1 Å². The molecule has 2 aromatic carbocycles. The number of alkyl carbamates (subject to hydrolysis) is 1. The van der Waals surface area contributed by atoms with E-state index in [0.29, 0.717) is 5.92 Å². The molecule has 0 saturated carbocycles. The summed E-state index contributed by atoms with van der Waals surface area (Å²) in [4.78, 5) is 35.6. The summed E-state index contributed by atoms with van der Waals surface area (Å²) < 4.78 is 4.75. The zero-order chi connectivity index (χ0) is 25.1. The Kier molecular flexibility index (Phi) is 7.24. The van der Waals surface area contributed by atoms with Crippen molar-refractivity contribution in [2.75, 3.05) is 7.11 Å². The molecule has 184 valence electrons. The van der Waals surface area contributed by atoms with E-state index in [9.17, 15) is 9.59 Å². The zero-order valence-corrected chi connectivity index (χ0v) is 21.0. The number of ether oxygens (including phenoxy) is 1. The van der Waals surface area contributed by atoms with E-state index in [4.69, 9.17) is 4.74 Å². The van der Waals surface area contributed by atoms with Crippen molar-refractivity contribution in [3.8, 4) is 22.4 Å². The molecule has 0 radical (unpaired) electrons. The average molecular weight is 475 g/mol. The van der Waals surface area contributed by atoms with Gasteiger partial charge in [0.1, 0.15) is 11.9 Å². The number of carbonyl (C=O) groups is 2. The van der Waals surface area contributed by atoms with Crippen molar-refractivity contribution < 1.29 is 14.3 Å². The summed E-state index contributed by atoms with van der Waals surface area (Å²) >= 11 is 0. The number of carbonyl (C=O) groups excluding carboxylic acids is 2. The zero-order valence-electron chi connectivity index (χ0n) is 21.0. The van der Waals surface area contributed by atoms with E-state index in [1.54, 1.807) is 0 Å². The van der Waals surface area contributed by atoms with E-state index < -0.39 is 12.1 Å². The van der Waals surface area contributed by atoms with Gasteiger partial charge in [0.15, 0.2) is 0 Å². The maximum absolute atomic E-state index is 13.6. The Morgan fingerprint density at radius 2 is 1.66 bits per heavy atom. The Bertz CT molecular complexity index is 1160. The minimum absolute atomic E-state index is 0.0203. The van der Waals surface area contributed by atoms with Gasteiger partial charge in [-0.1, -0.05) is 75.4 Å². The van der Waals surface area contributed by atoms with Gasteiger partial charge >= 0.3 is 6.09 Å². The number of aromatic amines is 1. The van der Waals surface area contributed by atoms with Gasteiger partial charge in [-0.3, -0.25) is 4.79 Å².